The summed E-state index contributed by atoms with van der Waals surface area (Å²) < 4.78 is 24.5. The van der Waals surface area contributed by atoms with E-state index in [9.17, 15) is 9.59 Å². The average Bonchev–Trinajstić information content (AvgIpc) is 3.53. The van der Waals surface area contributed by atoms with Gasteiger partial charge in [-0.15, -0.1) is 28.3 Å². The van der Waals surface area contributed by atoms with Gasteiger partial charge in [0.2, 0.25) is 11.9 Å². The highest BCUT2D eigenvalue weighted by Crippen LogP contribution is 2.30. The predicted octanol–water partition coefficient (Wildman–Crippen LogP) is 5.59. The lowest BCUT2D eigenvalue weighted by Crippen LogP contribution is -2.44. The van der Waals surface area contributed by atoms with Crippen LogP contribution in [0.3, 0.4) is 0 Å². The fraction of sp³-hybridized carbons (Fsp3) is 0.571. The maximum absolute atomic E-state index is 15.5. The maximum Gasteiger partial charge on any atom is 0.271 e. The minimum atomic E-state index is -1.22. The van der Waals surface area contributed by atoms with Gasteiger partial charge in [-0.25, -0.2) is 14.3 Å². The summed E-state index contributed by atoms with van der Waals surface area (Å²) in [5.41, 5.74) is 2.64. The van der Waals surface area contributed by atoms with Crippen LogP contribution in [0.4, 0.5) is 10.2 Å². The van der Waals surface area contributed by atoms with Crippen LogP contribution in [0.25, 0.3) is 11.1 Å². The van der Waals surface area contributed by atoms with Crippen LogP contribution in [0.5, 0.6) is 0 Å². The molecule has 15 heteroatoms. The number of hydrogen-bond acceptors (Lipinski definition) is 7. The van der Waals surface area contributed by atoms with E-state index in [0.717, 1.165) is 11.7 Å². The Bertz CT molecular complexity index is 1390. The summed E-state index contributed by atoms with van der Waals surface area (Å²) in [4.78, 5) is 29.6. The molecule has 3 rings (SSSR count). The van der Waals surface area contributed by atoms with Gasteiger partial charge in [-0.2, -0.15) is 9.49 Å². The Morgan fingerprint density at radius 2 is 1.88 bits per heavy atom. The minimum absolute atomic E-state index is 0.0103. The molecule has 0 aliphatic rings. The Morgan fingerprint density at radius 1 is 1.14 bits per heavy atom. The summed E-state index contributed by atoms with van der Waals surface area (Å²) in [6.07, 6.45) is 3.08. The zero-order chi connectivity index (χ0) is 31.7. The van der Waals surface area contributed by atoms with Gasteiger partial charge in [0.25, 0.3) is 5.91 Å². The second-order valence-electron chi connectivity index (χ2n) is 11.4. The van der Waals surface area contributed by atoms with E-state index in [4.69, 9.17) is 27.9 Å². The Balaban J connectivity index is 1.76. The van der Waals surface area contributed by atoms with Crippen molar-refractivity contribution in [1.82, 2.24) is 35.1 Å². The van der Waals surface area contributed by atoms with E-state index < -0.39 is 36.7 Å². The molecule has 0 spiro atoms. The molecule has 3 aromatic heterocycles. The van der Waals surface area contributed by atoms with E-state index in [1.165, 1.54) is 16.9 Å². The zero-order valence-corrected chi connectivity index (χ0v) is 28.1. The number of rotatable bonds is 16. The lowest BCUT2D eigenvalue weighted by atomic mass is 10.0. The monoisotopic (exact) mass is 654 g/mol. The molecular weight excluding hydrogens is 614 g/mol. The quantitative estimate of drug-likeness (QED) is 0.0891. The molecular formula is C28H41Cl2FN8O3Si. The molecule has 236 valence electrons. The van der Waals surface area contributed by atoms with Crippen molar-refractivity contribution in [3.8, 4) is 11.1 Å². The van der Waals surface area contributed by atoms with Crippen LogP contribution in [0.15, 0.2) is 18.3 Å². The van der Waals surface area contributed by atoms with Crippen molar-refractivity contribution in [2.45, 2.75) is 96.3 Å². The van der Waals surface area contributed by atoms with E-state index in [-0.39, 0.29) is 30.2 Å². The van der Waals surface area contributed by atoms with E-state index in [1.807, 2.05) is 20.8 Å². The predicted molar refractivity (Wildman–Crippen MR) is 169 cm³/mol. The molecule has 0 unspecified atom stereocenters. The molecule has 3 heterocycles. The molecule has 11 nitrogen and oxygen atoms in total. The van der Waals surface area contributed by atoms with Crippen molar-refractivity contribution in [2.24, 2.45) is 0 Å². The normalized spacial score (nSPS) is 12.5. The Morgan fingerprint density at radius 3 is 2.51 bits per heavy atom. The zero-order valence-electron chi connectivity index (χ0n) is 25.6. The number of carbonyl (C=O) groups is 2. The molecule has 0 aromatic carbocycles. The van der Waals surface area contributed by atoms with Gasteiger partial charge in [0, 0.05) is 38.0 Å². The molecule has 2 amide bonds. The number of pyridine rings is 1. The number of carbonyl (C=O) groups excluding carboxylic acids is 2. The number of nitrogens with one attached hydrogen (secondary N) is 2. The SMILES string of the molecule is CCc1c(-c2ccc(NC(=O)[C@H](CCCC(Cl)Cl)NC(=O)c3cnnn3CC)nc2F)c(C)nn1COCC[Si](C)(C)C. The Labute approximate surface area is 262 Å². The molecule has 0 radical (unpaired) electrons. The molecule has 43 heavy (non-hydrogen) atoms. The lowest BCUT2D eigenvalue weighted by Gasteiger charge is -2.19. The first-order valence-electron chi connectivity index (χ1n) is 14.4. The third-order valence-electron chi connectivity index (χ3n) is 6.83. The molecule has 2 N–H and O–H groups in total. The fourth-order valence-electron chi connectivity index (χ4n) is 4.52. The summed E-state index contributed by atoms with van der Waals surface area (Å²) in [5, 5.41) is 17.6. The number of ether oxygens (including phenoxy) is 1. The van der Waals surface area contributed by atoms with E-state index >= 15 is 4.39 Å². The van der Waals surface area contributed by atoms with Gasteiger partial charge in [-0.1, -0.05) is 31.8 Å². The summed E-state index contributed by atoms with van der Waals surface area (Å²) >= 11 is 11.7. The van der Waals surface area contributed by atoms with Gasteiger partial charge >= 0.3 is 0 Å². The van der Waals surface area contributed by atoms with Crippen LogP contribution in [0.2, 0.25) is 25.7 Å². The standard InChI is InChI=1S/C28H41Cl2FN8O3Si/c1-7-21-25(18(3)36-39(21)17-42-14-15-43(4,5)6)19-12-13-24(34-26(19)31)35-27(40)20(10-9-11-23(29)30)33-28(41)22-16-32-37-38(22)8-2/h12-13,16,20,23H,7-11,14-15,17H2,1-6H3,(H,33,41)(H,34,35,40)/t20-/m0/s1. The average molecular weight is 656 g/mol. The summed E-state index contributed by atoms with van der Waals surface area (Å²) in [7, 11) is -1.22. The Kier molecular flexibility index (Phi) is 12.7. The molecule has 0 fully saturated rings. The third-order valence-corrected chi connectivity index (χ3v) is 8.97. The first kappa shape index (κ1) is 34.6. The second-order valence-corrected chi connectivity index (χ2v) is 18.3. The summed E-state index contributed by atoms with van der Waals surface area (Å²) in [6, 6.07) is 3.18. The van der Waals surface area contributed by atoms with Gasteiger partial charge in [-0.05, 0) is 57.7 Å². The van der Waals surface area contributed by atoms with Gasteiger partial charge in [-0.3, -0.25) is 9.59 Å². The molecule has 0 aliphatic carbocycles. The van der Waals surface area contributed by atoms with Crippen LogP contribution < -0.4 is 10.6 Å². The molecule has 0 aliphatic heterocycles. The van der Waals surface area contributed by atoms with Gasteiger partial charge in [0.15, 0.2) is 0 Å². The fourth-order valence-corrected chi connectivity index (χ4v) is 5.59. The smallest absolute Gasteiger partial charge is 0.271 e. The van der Waals surface area contributed by atoms with Crippen LogP contribution in [0, 0.1) is 12.9 Å². The number of alkyl halides is 2. The van der Waals surface area contributed by atoms with Crippen LogP contribution in [-0.2, 0) is 29.2 Å². The van der Waals surface area contributed by atoms with Crippen molar-refractivity contribution in [2.75, 3.05) is 11.9 Å². The van der Waals surface area contributed by atoms with Crippen LogP contribution >= 0.6 is 23.2 Å². The van der Waals surface area contributed by atoms with Crippen LogP contribution in [-0.4, -0.2) is 67.1 Å². The van der Waals surface area contributed by atoms with Crippen molar-refractivity contribution in [1.29, 1.82) is 0 Å². The summed E-state index contributed by atoms with van der Waals surface area (Å²) in [6.45, 7) is 13.9. The number of amides is 2. The van der Waals surface area contributed by atoms with Crippen molar-refractivity contribution < 1.29 is 18.7 Å². The molecule has 3 aromatic rings. The van der Waals surface area contributed by atoms with Gasteiger partial charge < -0.3 is 15.4 Å². The van der Waals surface area contributed by atoms with Crippen molar-refractivity contribution >= 4 is 48.9 Å². The van der Waals surface area contributed by atoms with Gasteiger partial charge in [0.05, 0.1) is 11.9 Å². The van der Waals surface area contributed by atoms with E-state index in [1.54, 1.807) is 10.7 Å². The number of hydrogen-bond donors (Lipinski definition) is 2. The highest BCUT2D eigenvalue weighted by Gasteiger charge is 2.25. The highest BCUT2D eigenvalue weighted by molar-refractivity contribution is 6.76. The highest BCUT2D eigenvalue weighted by atomic mass is 35.5. The molecule has 1 atom stereocenters. The largest absolute Gasteiger partial charge is 0.360 e. The second kappa shape index (κ2) is 15.7. The third kappa shape index (κ3) is 9.82. The first-order valence-corrected chi connectivity index (χ1v) is 19.0. The minimum Gasteiger partial charge on any atom is -0.360 e. The topological polar surface area (TPSA) is 129 Å². The van der Waals surface area contributed by atoms with E-state index in [0.29, 0.717) is 43.7 Å². The molecule has 0 saturated carbocycles. The molecule has 0 bridgehead atoms. The van der Waals surface area contributed by atoms with Crippen molar-refractivity contribution in [3.05, 3.63) is 41.4 Å². The van der Waals surface area contributed by atoms with Crippen molar-refractivity contribution in [3.63, 3.8) is 0 Å². The number of aryl methyl sites for hydroxylation is 2. The number of halogens is 3. The Hall–Kier alpha value is -2.87. The van der Waals surface area contributed by atoms with Crippen LogP contribution in [0.1, 0.15) is 55.0 Å². The number of nitrogens with zero attached hydrogens (tertiary/aromatic N) is 6. The number of aromatic nitrogens is 6. The summed E-state index contributed by atoms with van der Waals surface area (Å²) in [5.74, 6) is -1.81. The molecule has 0 saturated heterocycles. The van der Waals surface area contributed by atoms with Gasteiger partial charge in [0.1, 0.15) is 29.1 Å². The first-order chi connectivity index (χ1) is 20.3. The lowest BCUT2D eigenvalue weighted by molar-refractivity contribution is -0.118. The maximum atomic E-state index is 15.5. The number of anilines is 1. The van der Waals surface area contributed by atoms with E-state index in [2.05, 4.69) is 50.7 Å².